The lowest BCUT2D eigenvalue weighted by Gasteiger charge is -2.20. The fourth-order valence-electron chi connectivity index (χ4n) is 7.10. The standard InChI is InChI=1S/C39H59N7O8S2/c1-3-4-5-6-7-8-9-10-11-12-13-14-31(49)43-26(20-30(40)48)35(51)42-24(2)15-16-29(47)34-25(39(17-18-39)46-36(34)52)19-32(50)41-21-33-44-27(22-55-33)37-45-28(23-56-37)38(53)54/h24,26-28H,3-23H2,1-2H3,(H2,40,48)(H,41,50)(H,42,51)(H,43,49)(H,46,52)(H,53,54)/t24-,26+,27?,28?/m0/s1. The van der Waals surface area contributed by atoms with Gasteiger partial charge in [0.25, 0.3) is 5.91 Å². The fraction of sp³-hybridized carbons (Fsp3) is 0.718. The highest BCUT2D eigenvalue weighted by molar-refractivity contribution is 8.16. The number of primary amides is 1. The smallest absolute Gasteiger partial charge is 0.329 e. The molecule has 1 saturated carbocycles. The zero-order chi connectivity index (χ0) is 40.7. The summed E-state index contributed by atoms with van der Waals surface area (Å²) >= 11 is 2.85. The largest absolute Gasteiger partial charge is 0.480 e. The lowest BCUT2D eigenvalue weighted by atomic mass is 9.94. The number of nitrogens with zero attached hydrogens (tertiary/aromatic N) is 2. The van der Waals surface area contributed by atoms with E-state index in [0.717, 1.165) is 19.3 Å². The first-order valence-corrected chi connectivity index (χ1v) is 22.2. The van der Waals surface area contributed by atoms with Crippen molar-refractivity contribution in [2.75, 3.05) is 18.1 Å². The third kappa shape index (κ3) is 14.0. The number of Topliss-reactive ketones (excluding diaryl/α,β-unsaturated/α-hetero) is 1. The number of ketones is 1. The lowest BCUT2D eigenvalue weighted by molar-refractivity contribution is -0.138. The number of unbranched alkanes of at least 4 members (excludes halogenated alkanes) is 10. The van der Waals surface area contributed by atoms with E-state index >= 15 is 0 Å². The molecule has 2 unspecified atom stereocenters. The molecule has 0 saturated heterocycles. The van der Waals surface area contributed by atoms with Gasteiger partial charge in [-0.25, -0.2) is 4.79 Å². The molecule has 0 aromatic heterocycles. The van der Waals surface area contributed by atoms with Crippen molar-refractivity contribution >= 4 is 74.9 Å². The number of nitrogens with one attached hydrogen (secondary N) is 4. The second-order valence-electron chi connectivity index (χ2n) is 15.3. The minimum atomic E-state index is -1.15. The summed E-state index contributed by atoms with van der Waals surface area (Å²) in [4.78, 5) is 97.2. The highest BCUT2D eigenvalue weighted by atomic mass is 32.2. The van der Waals surface area contributed by atoms with Crippen LogP contribution in [-0.4, -0.2) is 104 Å². The van der Waals surface area contributed by atoms with Crippen LogP contribution in [0.1, 0.15) is 129 Å². The van der Waals surface area contributed by atoms with E-state index in [1.807, 2.05) is 0 Å². The zero-order valence-corrected chi connectivity index (χ0v) is 34.4. The summed E-state index contributed by atoms with van der Waals surface area (Å²) < 4.78 is 0. The summed E-state index contributed by atoms with van der Waals surface area (Å²) in [5.74, 6) is -2.93. The third-order valence-corrected chi connectivity index (χ3v) is 12.7. The van der Waals surface area contributed by atoms with Crippen LogP contribution in [0.15, 0.2) is 21.1 Å². The number of carboxylic acids is 1. The van der Waals surface area contributed by atoms with Crippen LogP contribution in [0.4, 0.5) is 0 Å². The summed E-state index contributed by atoms with van der Waals surface area (Å²) in [6.45, 7) is 4.07. The predicted molar refractivity (Wildman–Crippen MR) is 218 cm³/mol. The number of hydrogen-bond donors (Lipinski definition) is 6. The van der Waals surface area contributed by atoms with Gasteiger partial charge >= 0.3 is 5.97 Å². The number of amides is 5. The molecule has 0 aromatic rings. The van der Waals surface area contributed by atoms with Crippen LogP contribution in [0.5, 0.6) is 0 Å². The third-order valence-electron chi connectivity index (χ3n) is 10.5. The minimum absolute atomic E-state index is 0.0191. The van der Waals surface area contributed by atoms with Crippen LogP contribution in [0, 0.1) is 0 Å². The van der Waals surface area contributed by atoms with Crippen molar-refractivity contribution < 1.29 is 38.7 Å². The fourth-order valence-corrected chi connectivity index (χ4v) is 9.24. The Morgan fingerprint density at radius 3 is 2.16 bits per heavy atom. The van der Waals surface area contributed by atoms with Gasteiger partial charge in [0.1, 0.15) is 12.1 Å². The molecule has 5 amide bonds. The van der Waals surface area contributed by atoms with Crippen LogP contribution in [0.2, 0.25) is 0 Å². The molecular formula is C39H59N7O8S2. The van der Waals surface area contributed by atoms with Gasteiger partial charge < -0.3 is 32.1 Å². The number of thioether (sulfide) groups is 2. The van der Waals surface area contributed by atoms with Gasteiger partial charge in [-0.15, -0.1) is 23.5 Å². The van der Waals surface area contributed by atoms with Gasteiger partial charge in [-0.1, -0.05) is 71.1 Å². The molecule has 7 N–H and O–H groups in total. The van der Waals surface area contributed by atoms with E-state index in [-0.39, 0.29) is 62.1 Å². The van der Waals surface area contributed by atoms with Gasteiger partial charge in [0.2, 0.25) is 23.6 Å². The van der Waals surface area contributed by atoms with Gasteiger partial charge in [-0.3, -0.25) is 38.8 Å². The van der Waals surface area contributed by atoms with E-state index in [1.54, 1.807) is 6.92 Å². The minimum Gasteiger partial charge on any atom is -0.480 e. The van der Waals surface area contributed by atoms with Crippen molar-refractivity contribution in [1.82, 2.24) is 21.3 Å². The van der Waals surface area contributed by atoms with E-state index < -0.39 is 53.1 Å². The van der Waals surface area contributed by atoms with Crippen LogP contribution in [-0.2, 0) is 33.6 Å². The van der Waals surface area contributed by atoms with Crippen molar-refractivity contribution in [3.05, 3.63) is 11.1 Å². The van der Waals surface area contributed by atoms with E-state index in [9.17, 15) is 38.7 Å². The van der Waals surface area contributed by atoms with E-state index in [0.29, 0.717) is 46.4 Å². The molecule has 1 fully saturated rings. The Hall–Kier alpha value is -3.73. The topological polar surface area (TPSA) is 239 Å². The van der Waals surface area contributed by atoms with Crippen molar-refractivity contribution in [1.29, 1.82) is 0 Å². The number of carbonyl (C=O) groups excluding carboxylic acids is 6. The molecule has 4 aliphatic rings. The number of rotatable bonds is 27. The maximum atomic E-state index is 13.5. The second kappa shape index (κ2) is 22.3. The summed E-state index contributed by atoms with van der Waals surface area (Å²) in [7, 11) is 0. The number of carbonyl (C=O) groups is 7. The molecule has 17 heteroatoms. The maximum absolute atomic E-state index is 13.5. The number of nitrogens with two attached hydrogens (primary N) is 1. The molecule has 1 aliphatic carbocycles. The molecule has 0 radical (unpaired) electrons. The quantitative estimate of drug-likeness (QED) is 0.0521. The molecule has 56 heavy (non-hydrogen) atoms. The highest BCUT2D eigenvalue weighted by Gasteiger charge is 2.55. The number of carboxylic acid groups (broad SMARTS) is 1. The first-order valence-electron chi connectivity index (χ1n) is 20.2. The average Bonchev–Trinajstić information content (AvgIpc) is 3.44. The van der Waals surface area contributed by atoms with E-state index in [1.165, 1.54) is 68.5 Å². The van der Waals surface area contributed by atoms with Gasteiger partial charge in [0, 0.05) is 30.4 Å². The monoisotopic (exact) mass is 817 g/mol. The Balaban J connectivity index is 1.20. The van der Waals surface area contributed by atoms with E-state index in [4.69, 9.17) is 5.73 Å². The summed E-state index contributed by atoms with van der Waals surface area (Å²) in [6, 6.07) is -2.69. The molecule has 4 atom stereocenters. The predicted octanol–water partition coefficient (Wildman–Crippen LogP) is 3.48. The van der Waals surface area contributed by atoms with Gasteiger partial charge in [-0.05, 0) is 38.2 Å². The molecule has 0 bridgehead atoms. The Bertz CT molecular complexity index is 1580. The Labute approximate surface area is 337 Å². The van der Waals surface area contributed by atoms with Crippen LogP contribution >= 0.6 is 23.5 Å². The Kier molecular flexibility index (Phi) is 17.9. The number of hydrogen-bond acceptors (Lipinski definition) is 11. The first kappa shape index (κ1) is 45.0. The molecule has 15 nitrogen and oxygen atoms in total. The van der Waals surface area contributed by atoms with Gasteiger partial charge in [0.05, 0.1) is 40.6 Å². The molecule has 1 spiro atoms. The van der Waals surface area contributed by atoms with Crippen molar-refractivity contribution in [3.8, 4) is 0 Å². The molecule has 310 valence electrons. The summed E-state index contributed by atoms with van der Waals surface area (Å²) in [6.07, 6.45) is 13.7. The maximum Gasteiger partial charge on any atom is 0.329 e. The highest BCUT2D eigenvalue weighted by Crippen LogP contribution is 2.48. The van der Waals surface area contributed by atoms with Crippen molar-refractivity contribution in [3.63, 3.8) is 0 Å². The summed E-state index contributed by atoms with van der Waals surface area (Å²) in [5, 5.41) is 21.7. The first-order chi connectivity index (χ1) is 26.8. The average molecular weight is 818 g/mol. The Morgan fingerprint density at radius 2 is 1.55 bits per heavy atom. The molecule has 3 aliphatic heterocycles. The lowest BCUT2D eigenvalue weighted by Crippen LogP contribution is -2.50. The van der Waals surface area contributed by atoms with Crippen molar-refractivity contribution in [2.45, 2.75) is 159 Å². The molecule has 4 rings (SSSR count). The number of aliphatic imine (C=N–C) groups is 2. The Morgan fingerprint density at radius 1 is 0.893 bits per heavy atom. The second-order valence-corrected chi connectivity index (χ2v) is 17.4. The van der Waals surface area contributed by atoms with Gasteiger partial charge in [-0.2, -0.15) is 0 Å². The molecule has 3 heterocycles. The van der Waals surface area contributed by atoms with Crippen LogP contribution in [0.25, 0.3) is 0 Å². The SMILES string of the molecule is CCCCCCCCCCCCCC(=O)N[C@H](CC(N)=O)C(=O)N[C@@H](C)CCC(=O)C1=C(CC(=O)NCC2=NC(C3=NC(C(=O)O)CS3)CS2)C2(CC2)NC1=O. The van der Waals surface area contributed by atoms with E-state index in [2.05, 4.69) is 38.2 Å². The molecular weight excluding hydrogens is 759 g/mol. The summed E-state index contributed by atoms with van der Waals surface area (Å²) in [5.41, 5.74) is 5.14. The normalized spacial score (nSPS) is 20.6. The van der Waals surface area contributed by atoms with Crippen LogP contribution in [0.3, 0.4) is 0 Å². The van der Waals surface area contributed by atoms with Crippen molar-refractivity contribution in [2.24, 2.45) is 15.7 Å². The van der Waals surface area contributed by atoms with Crippen LogP contribution < -0.4 is 27.0 Å². The molecule has 0 aromatic carbocycles. The van der Waals surface area contributed by atoms with Gasteiger partial charge in [0.15, 0.2) is 11.8 Å². The number of aliphatic carboxylic acids is 1. The zero-order valence-electron chi connectivity index (χ0n) is 32.8.